The lowest BCUT2D eigenvalue weighted by Gasteiger charge is -2.11. The predicted octanol–water partition coefficient (Wildman–Crippen LogP) is 3.93. The van der Waals surface area contributed by atoms with Gasteiger partial charge in [-0.3, -0.25) is 0 Å². The van der Waals surface area contributed by atoms with E-state index in [4.69, 9.17) is 0 Å². The van der Waals surface area contributed by atoms with Gasteiger partial charge < -0.3 is 5.32 Å². The molecule has 1 heterocycles. The lowest BCUT2D eigenvalue weighted by atomic mass is 10.3. The summed E-state index contributed by atoms with van der Waals surface area (Å²) in [4.78, 5) is 1.44. The van der Waals surface area contributed by atoms with Gasteiger partial charge in [-0.2, -0.15) is 11.8 Å². The Hall–Kier alpha value is 0.01000. The molecule has 15 heavy (non-hydrogen) atoms. The second-order valence-corrected chi connectivity index (χ2v) is 5.86. The van der Waals surface area contributed by atoms with E-state index < -0.39 is 0 Å². The number of nitrogens with one attached hydrogen (secondary N) is 1. The maximum Gasteiger partial charge on any atom is 0.0386 e. The average Bonchev–Trinajstić information content (AvgIpc) is 2.76. The lowest BCUT2D eigenvalue weighted by Crippen LogP contribution is -2.20. The number of hydrogen-bond acceptors (Lipinski definition) is 3. The molecule has 1 nitrogen and oxygen atoms in total. The van der Waals surface area contributed by atoms with Gasteiger partial charge in [0.2, 0.25) is 0 Å². The summed E-state index contributed by atoms with van der Waals surface area (Å²) in [5.41, 5.74) is 0. The Morgan fingerprint density at radius 1 is 1.47 bits per heavy atom. The first-order chi connectivity index (χ1) is 7.34. The van der Waals surface area contributed by atoms with Crippen LogP contribution in [-0.2, 0) is 0 Å². The summed E-state index contributed by atoms with van der Waals surface area (Å²) in [5.74, 6) is 2.54. The van der Waals surface area contributed by atoms with Gasteiger partial charge in [0.25, 0.3) is 0 Å². The van der Waals surface area contributed by atoms with E-state index in [-0.39, 0.29) is 0 Å². The first-order valence-corrected chi connectivity index (χ1v) is 7.72. The molecule has 0 aliphatic heterocycles. The van der Waals surface area contributed by atoms with Crippen molar-refractivity contribution in [2.75, 3.05) is 18.1 Å². The molecule has 0 fully saturated rings. The van der Waals surface area contributed by atoms with Crippen molar-refractivity contribution in [3.05, 3.63) is 22.4 Å². The van der Waals surface area contributed by atoms with Crippen LogP contribution >= 0.6 is 23.1 Å². The molecule has 1 rings (SSSR count). The Bertz CT molecular complexity index is 234. The zero-order chi connectivity index (χ0) is 10.9. The summed E-state index contributed by atoms with van der Waals surface area (Å²) in [5, 5.41) is 5.69. The molecular weight excluding hydrogens is 222 g/mol. The van der Waals surface area contributed by atoms with Gasteiger partial charge in [0.1, 0.15) is 0 Å². The van der Waals surface area contributed by atoms with E-state index in [1.807, 2.05) is 11.3 Å². The quantitative estimate of drug-likeness (QED) is 0.694. The van der Waals surface area contributed by atoms with E-state index in [1.54, 1.807) is 0 Å². The van der Waals surface area contributed by atoms with Gasteiger partial charge in [-0.05, 0) is 30.5 Å². The molecule has 0 aliphatic carbocycles. The van der Waals surface area contributed by atoms with E-state index in [0.29, 0.717) is 6.04 Å². The molecule has 86 valence electrons. The molecule has 0 saturated carbocycles. The third-order valence-corrected chi connectivity index (χ3v) is 4.43. The fourth-order valence-corrected chi connectivity index (χ4v) is 3.05. The van der Waals surface area contributed by atoms with Crippen LogP contribution < -0.4 is 5.32 Å². The Morgan fingerprint density at radius 3 is 3.00 bits per heavy atom. The van der Waals surface area contributed by atoms with Crippen LogP contribution in [0.25, 0.3) is 0 Å². The van der Waals surface area contributed by atoms with Crippen molar-refractivity contribution in [3.63, 3.8) is 0 Å². The van der Waals surface area contributed by atoms with Crippen molar-refractivity contribution in [3.8, 4) is 0 Å². The summed E-state index contributed by atoms with van der Waals surface area (Å²) < 4.78 is 0. The van der Waals surface area contributed by atoms with Gasteiger partial charge in [-0.15, -0.1) is 11.3 Å². The minimum absolute atomic E-state index is 0.511. The zero-order valence-electron chi connectivity index (χ0n) is 9.66. The fourth-order valence-electron chi connectivity index (χ4n) is 1.33. The van der Waals surface area contributed by atoms with E-state index in [2.05, 4.69) is 48.4 Å². The smallest absolute Gasteiger partial charge is 0.0386 e. The number of hydrogen-bond donors (Lipinski definition) is 1. The second kappa shape index (κ2) is 8.20. The first-order valence-electron chi connectivity index (χ1n) is 5.69. The maximum atomic E-state index is 3.55. The molecule has 0 radical (unpaired) electrons. The molecule has 3 heteroatoms. The number of unbranched alkanes of at least 4 members (excludes halogenated alkanes) is 1. The molecule has 0 bridgehead atoms. The third kappa shape index (κ3) is 5.59. The van der Waals surface area contributed by atoms with Gasteiger partial charge in [0, 0.05) is 23.2 Å². The summed E-state index contributed by atoms with van der Waals surface area (Å²) in [6.07, 6.45) is 2.66. The van der Waals surface area contributed by atoms with Gasteiger partial charge in [0.05, 0.1) is 0 Å². The number of thioether (sulfide) groups is 1. The molecule has 1 aromatic rings. The Labute approximate surface area is 102 Å². The van der Waals surface area contributed by atoms with Gasteiger partial charge >= 0.3 is 0 Å². The zero-order valence-corrected chi connectivity index (χ0v) is 11.3. The van der Waals surface area contributed by atoms with E-state index in [1.165, 1.54) is 29.2 Å². The van der Waals surface area contributed by atoms with Crippen LogP contribution in [-0.4, -0.2) is 18.1 Å². The average molecular weight is 243 g/mol. The molecular formula is C12H21NS2. The van der Waals surface area contributed by atoms with Crippen molar-refractivity contribution in [1.29, 1.82) is 0 Å². The van der Waals surface area contributed by atoms with Crippen LogP contribution in [0.15, 0.2) is 17.5 Å². The maximum absolute atomic E-state index is 3.55. The van der Waals surface area contributed by atoms with Crippen molar-refractivity contribution in [2.24, 2.45) is 0 Å². The summed E-state index contributed by atoms with van der Waals surface area (Å²) in [6, 6.07) is 4.83. The SMILES string of the molecule is CCCCSCCNC(C)c1cccs1. The Balaban J connectivity index is 2.00. The van der Waals surface area contributed by atoms with E-state index in [0.717, 1.165) is 6.54 Å². The van der Waals surface area contributed by atoms with Crippen LogP contribution in [0.4, 0.5) is 0 Å². The number of thiophene rings is 1. The fraction of sp³-hybridized carbons (Fsp3) is 0.667. The summed E-state index contributed by atoms with van der Waals surface area (Å²) >= 11 is 3.89. The highest BCUT2D eigenvalue weighted by Crippen LogP contribution is 2.17. The summed E-state index contributed by atoms with van der Waals surface area (Å²) in [7, 11) is 0. The molecule has 1 N–H and O–H groups in total. The molecule has 1 atom stereocenters. The second-order valence-electron chi connectivity index (χ2n) is 3.66. The van der Waals surface area contributed by atoms with Crippen LogP contribution in [0.3, 0.4) is 0 Å². The lowest BCUT2D eigenvalue weighted by molar-refractivity contribution is 0.610. The van der Waals surface area contributed by atoms with E-state index in [9.17, 15) is 0 Å². The normalized spacial score (nSPS) is 12.9. The van der Waals surface area contributed by atoms with Crippen LogP contribution in [0, 0.1) is 0 Å². The predicted molar refractivity (Wildman–Crippen MR) is 73.0 cm³/mol. The summed E-state index contributed by atoms with van der Waals surface area (Å²) in [6.45, 7) is 5.60. The van der Waals surface area contributed by atoms with Crippen molar-refractivity contribution < 1.29 is 0 Å². The van der Waals surface area contributed by atoms with Crippen molar-refractivity contribution in [1.82, 2.24) is 5.32 Å². The standard InChI is InChI=1S/C12H21NS2/c1-3-4-8-14-10-7-13-11(2)12-6-5-9-15-12/h5-6,9,11,13H,3-4,7-8,10H2,1-2H3. The van der Waals surface area contributed by atoms with Crippen molar-refractivity contribution >= 4 is 23.1 Å². The highest BCUT2D eigenvalue weighted by atomic mass is 32.2. The van der Waals surface area contributed by atoms with Gasteiger partial charge in [0.15, 0.2) is 0 Å². The van der Waals surface area contributed by atoms with Crippen LogP contribution in [0.2, 0.25) is 0 Å². The molecule has 0 saturated heterocycles. The topological polar surface area (TPSA) is 12.0 Å². The monoisotopic (exact) mass is 243 g/mol. The Kier molecular flexibility index (Phi) is 7.14. The largest absolute Gasteiger partial charge is 0.309 e. The highest BCUT2D eigenvalue weighted by molar-refractivity contribution is 7.99. The minimum atomic E-state index is 0.511. The molecule has 0 amide bonds. The van der Waals surface area contributed by atoms with Crippen LogP contribution in [0.1, 0.15) is 37.6 Å². The third-order valence-electron chi connectivity index (χ3n) is 2.31. The van der Waals surface area contributed by atoms with Crippen LogP contribution in [0.5, 0.6) is 0 Å². The molecule has 0 spiro atoms. The Morgan fingerprint density at radius 2 is 2.33 bits per heavy atom. The van der Waals surface area contributed by atoms with E-state index >= 15 is 0 Å². The van der Waals surface area contributed by atoms with Gasteiger partial charge in [-0.25, -0.2) is 0 Å². The van der Waals surface area contributed by atoms with Gasteiger partial charge in [-0.1, -0.05) is 19.4 Å². The number of rotatable bonds is 8. The first kappa shape index (κ1) is 13.1. The molecule has 1 unspecified atom stereocenters. The molecule has 0 aromatic carbocycles. The van der Waals surface area contributed by atoms with Crippen molar-refractivity contribution in [2.45, 2.75) is 32.7 Å². The molecule has 0 aliphatic rings. The minimum Gasteiger partial charge on any atom is -0.309 e. The highest BCUT2D eigenvalue weighted by Gasteiger charge is 2.03. The molecule has 1 aromatic heterocycles.